The standard InChI is InChI=1S/C20H24FN3O3S2/c1-20(2,17(25)26)29-16-11-22-18(28-16)23-19(27)24(12-13-7-3-4-8-13)15-10-6-5-9-14(15)21/h5-6,9-11,13H,3-4,7-8,12H2,1-2H3,(H,25,26)(H,22,23,27). The number of nitrogens with zero attached hydrogens (tertiary/aromatic N) is 2. The number of benzene rings is 1. The van der Waals surface area contributed by atoms with Crippen LogP contribution < -0.4 is 10.2 Å². The molecule has 1 aliphatic carbocycles. The first-order chi connectivity index (χ1) is 13.8. The molecule has 3 rings (SSSR count). The topological polar surface area (TPSA) is 82.5 Å². The number of hydrogen-bond donors (Lipinski definition) is 2. The van der Waals surface area contributed by atoms with Crippen molar-refractivity contribution in [3.63, 3.8) is 0 Å². The summed E-state index contributed by atoms with van der Waals surface area (Å²) in [7, 11) is 0. The fourth-order valence-electron chi connectivity index (χ4n) is 3.23. The minimum absolute atomic E-state index is 0.245. The van der Waals surface area contributed by atoms with E-state index in [1.165, 1.54) is 34.1 Å². The molecule has 1 saturated carbocycles. The number of urea groups is 1. The molecule has 0 aliphatic heterocycles. The number of carbonyl (C=O) groups is 2. The summed E-state index contributed by atoms with van der Waals surface area (Å²) >= 11 is 2.37. The number of carbonyl (C=O) groups excluding carboxylic acids is 1. The molecule has 156 valence electrons. The second-order valence-electron chi connectivity index (χ2n) is 7.54. The van der Waals surface area contributed by atoms with Crippen LogP contribution in [0.5, 0.6) is 0 Å². The summed E-state index contributed by atoms with van der Waals surface area (Å²) in [6, 6.07) is 5.81. The molecule has 6 nitrogen and oxygen atoms in total. The molecule has 0 radical (unpaired) electrons. The molecule has 2 N–H and O–H groups in total. The number of nitrogens with one attached hydrogen (secondary N) is 1. The van der Waals surface area contributed by atoms with Crippen LogP contribution in [0.3, 0.4) is 0 Å². The Bertz CT molecular complexity index is 881. The van der Waals surface area contributed by atoms with Gasteiger partial charge in [0.1, 0.15) is 10.6 Å². The third-order valence-electron chi connectivity index (χ3n) is 4.87. The SMILES string of the molecule is CC(C)(Sc1cnc(NC(=O)N(CC2CCCC2)c2ccccc2F)s1)C(=O)O. The number of anilines is 2. The van der Waals surface area contributed by atoms with E-state index in [2.05, 4.69) is 10.3 Å². The highest BCUT2D eigenvalue weighted by atomic mass is 32.2. The number of aromatic nitrogens is 1. The third kappa shape index (κ3) is 5.48. The van der Waals surface area contributed by atoms with Gasteiger partial charge in [-0.05, 0) is 44.7 Å². The molecule has 2 amide bonds. The molecule has 0 saturated heterocycles. The summed E-state index contributed by atoms with van der Waals surface area (Å²) in [6.07, 6.45) is 5.86. The summed E-state index contributed by atoms with van der Waals surface area (Å²) in [5.74, 6) is -1.03. The highest BCUT2D eigenvalue weighted by molar-refractivity contribution is 8.03. The molecule has 29 heavy (non-hydrogen) atoms. The van der Waals surface area contributed by atoms with Crippen LogP contribution in [-0.2, 0) is 4.79 Å². The normalized spacial score (nSPS) is 14.7. The molecule has 1 aromatic carbocycles. The maximum absolute atomic E-state index is 14.4. The van der Waals surface area contributed by atoms with Gasteiger partial charge in [0.2, 0.25) is 0 Å². The molecule has 0 spiro atoms. The molecule has 1 fully saturated rings. The van der Waals surface area contributed by atoms with Crippen molar-refractivity contribution in [1.29, 1.82) is 0 Å². The van der Waals surface area contributed by atoms with Gasteiger partial charge in [0, 0.05) is 6.54 Å². The van der Waals surface area contributed by atoms with Crippen molar-refractivity contribution in [1.82, 2.24) is 4.98 Å². The van der Waals surface area contributed by atoms with Crippen molar-refractivity contribution in [3.8, 4) is 0 Å². The van der Waals surface area contributed by atoms with Gasteiger partial charge in [0.05, 0.1) is 16.1 Å². The largest absolute Gasteiger partial charge is 0.480 e. The number of carboxylic acid groups (broad SMARTS) is 1. The van der Waals surface area contributed by atoms with Gasteiger partial charge in [0.15, 0.2) is 5.13 Å². The Balaban J connectivity index is 1.75. The van der Waals surface area contributed by atoms with Crippen LogP contribution in [0.4, 0.5) is 20.0 Å². The Labute approximate surface area is 177 Å². The summed E-state index contributed by atoms with van der Waals surface area (Å²) in [5.41, 5.74) is 0.245. The molecule has 1 aliphatic rings. The molecule has 0 unspecified atom stereocenters. The van der Waals surface area contributed by atoms with Crippen molar-refractivity contribution < 1.29 is 19.1 Å². The molecule has 1 aromatic heterocycles. The lowest BCUT2D eigenvalue weighted by molar-refractivity contribution is -0.138. The average molecular weight is 438 g/mol. The van der Waals surface area contributed by atoms with E-state index in [-0.39, 0.29) is 5.69 Å². The number of para-hydroxylation sites is 1. The maximum Gasteiger partial charge on any atom is 0.328 e. The summed E-state index contributed by atoms with van der Waals surface area (Å²) < 4.78 is 14.1. The van der Waals surface area contributed by atoms with Crippen LogP contribution in [0.1, 0.15) is 39.5 Å². The number of rotatable bonds is 7. The van der Waals surface area contributed by atoms with Crippen LogP contribution in [0.2, 0.25) is 0 Å². The molecule has 0 bridgehead atoms. The number of thiazole rings is 1. The van der Waals surface area contributed by atoms with E-state index in [4.69, 9.17) is 0 Å². The molecule has 9 heteroatoms. The minimum Gasteiger partial charge on any atom is -0.480 e. The zero-order valence-corrected chi connectivity index (χ0v) is 18.0. The van der Waals surface area contributed by atoms with Gasteiger partial charge in [-0.3, -0.25) is 15.0 Å². The monoisotopic (exact) mass is 437 g/mol. The van der Waals surface area contributed by atoms with Gasteiger partial charge in [-0.2, -0.15) is 0 Å². The minimum atomic E-state index is -1.00. The van der Waals surface area contributed by atoms with Crippen LogP contribution >= 0.6 is 23.1 Å². The lowest BCUT2D eigenvalue weighted by atomic mass is 10.1. The highest BCUT2D eigenvalue weighted by Crippen LogP contribution is 2.37. The number of amides is 2. The van der Waals surface area contributed by atoms with Gasteiger partial charge in [-0.25, -0.2) is 14.2 Å². The third-order valence-corrected chi connectivity index (χ3v) is 7.07. The Morgan fingerprint density at radius 3 is 2.69 bits per heavy atom. The fraction of sp³-hybridized carbons (Fsp3) is 0.450. The molecule has 2 aromatic rings. The van der Waals surface area contributed by atoms with Gasteiger partial charge >= 0.3 is 12.0 Å². The van der Waals surface area contributed by atoms with E-state index in [9.17, 15) is 19.1 Å². The summed E-state index contributed by atoms with van der Waals surface area (Å²) in [4.78, 5) is 29.9. The van der Waals surface area contributed by atoms with E-state index >= 15 is 0 Å². The van der Waals surface area contributed by atoms with Crippen molar-refractivity contribution in [2.45, 2.75) is 48.5 Å². The summed E-state index contributed by atoms with van der Waals surface area (Å²) in [5, 5.41) is 12.4. The zero-order chi connectivity index (χ0) is 21.0. The van der Waals surface area contributed by atoms with Gasteiger partial charge in [0.25, 0.3) is 0 Å². The van der Waals surface area contributed by atoms with E-state index in [1.807, 2.05) is 0 Å². The van der Waals surface area contributed by atoms with Crippen LogP contribution in [0, 0.1) is 11.7 Å². The number of aliphatic carboxylic acids is 1. The number of hydrogen-bond acceptors (Lipinski definition) is 5. The van der Waals surface area contributed by atoms with Crippen molar-refractivity contribution in [2.75, 3.05) is 16.8 Å². The fourth-order valence-corrected chi connectivity index (χ4v) is 5.49. The first kappa shape index (κ1) is 21.6. The quantitative estimate of drug-likeness (QED) is 0.562. The summed E-state index contributed by atoms with van der Waals surface area (Å²) in [6.45, 7) is 3.67. The first-order valence-electron chi connectivity index (χ1n) is 9.47. The number of thioether (sulfide) groups is 1. The van der Waals surface area contributed by atoms with Crippen LogP contribution in [0.25, 0.3) is 0 Å². The Morgan fingerprint density at radius 2 is 2.03 bits per heavy atom. The highest BCUT2D eigenvalue weighted by Gasteiger charge is 2.30. The Hall–Kier alpha value is -2.13. The smallest absolute Gasteiger partial charge is 0.328 e. The maximum atomic E-state index is 14.4. The first-order valence-corrected chi connectivity index (χ1v) is 11.1. The van der Waals surface area contributed by atoms with Gasteiger partial charge in [-0.1, -0.05) is 48.1 Å². The average Bonchev–Trinajstić information content (AvgIpc) is 3.32. The van der Waals surface area contributed by atoms with Crippen molar-refractivity contribution in [3.05, 3.63) is 36.3 Å². The Morgan fingerprint density at radius 1 is 1.34 bits per heavy atom. The van der Waals surface area contributed by atoms with Gasteiger partial charge in [-0.15, -0.1) is 0 Å². The Kier molecular flexibility index (Phi) is 6.79. The predicted molar refractivity (Wildman–Crippen MR) is 114 cm³/mol. The molecular weight excluding hydrogens is 413 g/mol. The van der Waals surface area contributed by atoms with E-state index in [0.717, 1.165) is 25.7 Å². The van der Waals surface area contributed by atoms with Crippen molar-refractivity contribution in [2.24, 2.45) is 5.92 Å². The number of halogens is 1. The predicted octanol–water partition coefficient (Wildman–Crippen LogP) is 5.47. The molecular formula is C20H24FN3O3S2. The zero-order valence-electron chi connectivity index (χ0n) is 16.4. The van der Waals surface area contributed by atoms with Crippen LogP contribution in [-0.4, -0.2) is 33.4 Å². The lowest BCUT2D eigenvalue weighted by Gasteiger charge is -2.26. The lowest BCUT2D eigenvalue weighted by Crippen LogP contribution is -2.38. The van der Waals surface area contributed by atoms with E-state index < -0.39 is 22.6 Å². The van der Waals surface area contributed by atoms with E-state index in [0.29, 0.717) is 21.8 Å². The van der Waals surface area contributed by atoms with Crippen LogP contribution in [0.15, 0.2) is 34.7 Å². The molecule has 1 heterocycles. The van der Waals surface area contributed by atoms with Gasteiger partial charge < -0.3 is 5.11 Å². The van der Waals surface area contributed by atoms with E-state index in [1.54, 1.807) is 38.2 Å². The molecule has 0 atom stereocenters. The second kappa shape index (κ2) is 9.13. The second-order valence-corrected chi connectivity index (χ2v) is 10.5. The number of carboxylic acids is 1. The van der Waals surface area contributed by atoms with Crippen molar-refractivity contribution >= 4 is 45.9 Å².